The number of carbonyl (C=O) groups is 1. The van der Waals surface area contributed by atoms with Gasteiger partial charge in [0.25, 0.3) is 26.0 Å². The number of nitrogens with zero attached hydrogens (tertiary/aromatic N) is 1. The Balaban J connectivity index is 1.26. The second-order valence-electron chi connectivity index (χ2n) is 9.65. The molecule has 0 spiro atoms. The normalized spacial score (nSPS) is 11.5. The molecule has 0 saturated carbocycles. The smallest absolute Gasteiger partial charge is 0.264 e. The van der Waals surface area contributed by atoms with Crippen molar-refractivity contribution in [3.05, 3.63) is 115 Å². The van der Waals surface area contributed by atoms with Crippen LogP contribution >= 0.6 is 0 Å². The van der Waals surface area contributed by atoms with Crippen LogP contribution in [0.2, 0.25) is 0 Å². The summed E-state index contributed by atoms with van der Waals surface area (Å²) < 4.78 is 66.7. The summed E-state index contributed by atoms with van der Waals surface area (Å²) in [5, 5.41) is 4.41. The van der Waals surface area contributed by atoms with Gasteiger partial charge in [0.15, 0.2) is 11.5 Å². The summed E-state index contributed by atoms with van der Waals surface area (Å²) in [6, 6.07) is 29.0. The Morgan fingerprint density at radius 1 is 0.705 bits per heavy atom. The summed E-state index contributed by atoms with van der Waals surface area (Å²) >= 11 is 0. The topological polar surface area (TPSA) is 131 Å². The molecule has 44 heavy (non-hydrogen) atoms. The van der Waals surface area contributed by atoms with Crippen molar-refractivity contribution in [3.63, 3.8) is 0 Å². The van der Waals surface area contributed by atoms with E-state index in [1.165, 1.54) is 88.0 Å². The Labute approximate surface area is 256 Å². The number of methoxy groups -OCH3 is 2. The summed E-state index contributed by atoms with van der Waals surface area (Å²) in [7, 11) is -3.53. The zero-order valence-corrected chi connectivity index (χ0v) is 25.6. The molecule has 5 aromatic rings. The number of benzene rings is 5. The molecular formula is C32H29N3O7S2. The van der Waals surface area contributed by atoms with Crippen molar-refractivity contribution in [1.29, 1.82) is 0 Å². The van der Waals surface area contributed by atoms with E-state index in [2.05, 4.69) is 10.0 Å². The van der Waals surface area contributed by atoms with E-state index < -0.39 is 26.0 Å². The Hall–Kier alpha value is -5.07. The number of amides is 1. The minimum Gasteiger partial charge on any atom is -0.493 e. The van der Waals surface area contributed by atoms with E-state index in [9.17, 15) is 21.6 Å². The van der Waals surface area contributed by atoms with Gasteiger partial charge in [-0.2, -0.15) is 0 Å². The molecule has 0 bridgehead atoms. The van der Waals surface area contributed by atoms with Crippen LogP contribution in [0.15, 0.2) is 119 Å². The van der Waals surface area contributed by atoms with E-state index in [0.717, 1.165) is 15.1 Å². The molecule has 226 valence electrons. The fourth-order valence-electron chi connectivity index (χ4n) is 4.54. The first-order chi connectivity index (χ1) is 21.0. The van der Waals surface area contributed by atoms with Crippen molar-refractivity contribution in [1.82, 2.24) is 0 Å². The Morgan fingerprint density at radius 3 is 2.02 bits per heavy atom. The van der Waals surface area contributed by atoms with Crippen molar-refractivity contribution in [2.45, 2.75) is 9.79 Å². The average molecular weight is 632 g/mol. The maximum atomic E-state index is 13.2. The highest BCUT2D eigenvalue weighted by molar-refractivity contribution is 7.93. The highest BCUT2D eigenvalue weighted by Gasteiger charge is 2.23. The number of ether oxygens (including phenoxy) is 2. The molecular weight excluding hydrogens is 603 g/mol. The minimum absolute atomic E-state index is 0.0113. The van der Waals surface area contributed by atoms with Gasteiger partial charge in [-0.3, -0.25) is 13.8 Å². The predicted molar refractivity (Wildman–Crippen MR) is 171 cm³/mol. The third-order valence-corrected chi connectivity index (χ3v) is 10.1. The number of rotatable bonds is 10. The minimum atomic E-state index is -3.94. The number of hydrogen-bond acceptors (Lipinski definition) is 7. The predicted octanol–water partition coefficient (Wildman–Crippen LogP) is 5.74. The van der Waals surface area contributed by atoms with E-state index in [1.54, 1.807) is 12.1 Å². The van der Waals surface area contributed by atoms with Gasteiger partial charge in [0.1, 0.15) is 0 Å². The first-order valence-corrected chi connectivity index (χ1v) is 16.2. The average Bonchev–Trinajstić information content (AvgIpc) is 3.04. The number of anilines is 3. The summed E-state index contributed by atoms with van der Waals surface area (Å²) in [5.41, 5.74) is 1.46. The van der Waals surface area contributed by atoms with E-state index in [0.29, 0.717) is 22.8 Å². The molecule has 0 radical (unpaired) electrons. The summed E-state index contributed by atoms with van der Waals surface area (Å²) in [5.74, 6) is 0.227. The molecule has 0 saturated heterocycles. The van der Waals surface area contributed by atoms with E-state index >= 15 is 0 Å². The Kier molecular flexibility index (Phi) is 8.47. The molecule has 0 unspecified atom stereocenters. The molecule has 0 aromatic heterocycles. The van der Waals surface area contributed by atoms with Gasteiger partial charge in [-0.05, 0) is 72.1 Å². The van der Waals surface area contributed by atoms with Gasteiger partial charge in [0.2, 0.25) is 0 Å². The maximum absolute atomic E-state index is 13.2. The van der Waals surface area contributed by atoms with Crippen molar-refractivity contribution in [2.75, 3.05) is 35.6 Å². The molecule has 0 fully saturated rings. The lowest BCUT2D eigenvalue weighted by Gasteiger charge is -2.20. The number of nitrogens with one attached hydrogen (secondary N) is 2. The van der Waals surface area contributed by atoms with E-state index in [4.69, 9.17) is 9.47 Å². The maximum Gasteiger partial charge on any atom is 0.264 e. The first kappa shape index (κ1) is 30.4. The largest absolute Gasteiger partial charge is 0.493 e. The van der Waals surface area contributed by atoms with Gasteiger partial charge in [-0.15, -0.1) is 0 Å². The van der Waals surface area contributed by atoms with Crippen LogP contribution in [0.25, 0.3) is 10.8 Å². The van der Waals surface area contributed by atoms with Gasteiger partial charge in [-0.25, -0.2) is 16.8 Å². The molecule has 0 atom stereocenters. The quantitative estimate of drug-likeness (QED) is 0.201. The van der Waals surface area contributed by atoms with Gasteiger partial charge in [0.05, 0.1) is 35.4 Å². The van der Waals surface area contributed by atoms with Crippen LogP contribution in [0.1, 0.15) is 10.4 Å². The van der Waals surface area contributed by atoms with Crippen LogP contribution in [-0.2, 0) is 20.0 Å². The van der Waals surface area contributed by atoms with Gasteiger partial charge < -0.3 is 14.8 Å². The first-order valence-electron chi connectivity index (χ1n) is 13.3. The molecule has 2 N–H and O–H groups in total. The van der Waals surface area contributed by atoms with Crippen LogP contribution in [0.3, 0.4) is 0 Å². The zero-order valence-electron chi connectivity index (χ0n) is 24.0. The van der Waals surface area contributed by atoms with E-state index in [1.807, 2.05) is 30.3 Å². The van der Waals surface area contributed by atoms with Crippen molar-refractivity contribution >= 4 is 53.8 Å². The Bertz CT molecular complexity index is 2040. The second-order valence-corrected chi connectivity index (χ2v) is 13.3. The van der Waals surface area contributed by atoms with Crippen molar-refractivity contribution in [2.24, 2.45) is 0 Å². The molecule has 1 amide bonds. The fourth-order valence-corrected chi connectivity index (χ4v) is 6.83. The zero-order chi connectivity index (χ0) is 31.5. The number of fused-ring (bicyclic) bond motifs is 1. The monoisotopic (exact) mass is 631 g/mol. The van der Waals surface area contributed by atoms with Crippen LogP contribution in [0, 0.1) is 0 Å². The van der Waals surface area contributed by atoms with Crippen molar-refractivity contribution < 1.29 is 31.1 Å². The lowest BCUT2D eigenvalue weighted by Crippen LogP contribution is -2.26. The van der Waals surface area contributed by atoms with Crippen LogP contribution < -0.4 is 23.8 Å². The van der Waals surface area contributed by atoms with Crippen molar-refractivity contribution in [3.8, 4) is 11.5 Å². The lowest BCUT2D eigenvalue weighted by molar-refractivity contribution is 0.102. The third-order valence-electron chi connectivity index (χ3n) is 6.96. The Morgan fingerprint density at radius 2 is 1.34 bits per heavy atom. The molecule has 0 aliphatic heterocycles. The molecule has 5 rings (SSSR count). The molecule has 0 aliphatic rings. The lowest BCUT2D eigenvalue weighted by atomic mass is 10.1. The SMILES string of the molecule is COc1ccc(S(=O)(=O)N(C)c2ccc(C(=O)Nc3ccc(S(=O)(=O)Nc4cccc5ccccc45)cc3)cc2)cc1OC. The standard InChI is InChI=1S/C32H29N3O7S2/c1-35(44(39,40)27-19-20-30(41-2)31(21-27)42-3)25-15-11-23(12-16-25)32(36)33-24-13-17-26(18-14-24)43(37,38)34-29-10-6-8-22-7-4-5-9-28(22)29/h4-21,34H,1-3H3,(H,33,36). The van der Waals surface area contributed by atoms with Crippen LogP contribution in [0.5, 0.6) is 11.5 Å². The second kappa shape index (κ2) is 12.3. The van der Waals surface area contributed by atoms with Gasteiger partial charge >= 0.3 is 0 Å². The summed E-state index contributed by atoms with van der Waals surface area (Å²) in [6.45, 7) is 0. The molecule has 5 aromatic carbocycles. The fraction of sp³-hybridized carbons (Fsp3) is 0.0938. The van der Waals surface area contributed by atoms with Gasteiger partial charge in [-0.1, -0.05) is 36.4 Å². The van der Waals surface area contributed by atoms with E-state index in [-0.39, 0.29) is 21.1 Å². The summed E-state index contributed by atoms with van der Waals surface area (Å²) in [6.07, 6.45) is 0. The van der Waals surface area contributed by atoms with Gasteiger partial charge in [0, 0.05) is 29.8 Å². The summed E-state index contributed by atoms with van der Waals surface area (Å²) in [4.78, 5) is 12.9. The highest BCUT2D eigenvalue weighted by atomic mass is 32.2. The molecule has 10 nitrogen and oxygen atoms in total. The molecule has 0 heterocycles. The number of carbonyl (C=O) groups excluding carboxylic acids is 1. The highest BCUT2D eigenvalue weighted by Crippen LogP contribution is 2.32. The number of hydrogen-bond donors (Lipinski definition) is 2. The third kappa shape index (κ3) is 6.17. The number of sulfonamides is 2. The molecule has 12 heteroatoms. The van der Waals surface area contributed by atoms with Crippen LogP contribution in [0.4, 0.5) is 17.1 Å². The van der Waals surface area contributed by atoms with Crippen LogP contribution in [-0.4, -0.2) is 44.0 Å². The molecule has 0 aliphatic carbocycles.